The third kappa shape index (κ3) is 2.89. The van der Waals surface area contributed by atoms with Crippen LogP contribution in [0.25, 0.3) is 10.9 Å². The van der Waals surface area contributed by atoms with E-state index in [1.54, 1.807) is 11.3 Å². The van der Waals surface area contributed by atoms with Gasteiger partial charge in [-0.3, -0.25) is 4.90 Å². The molecule has 0 aliphatic carbocycles. The molecule has 0 spiro atoms. The van der Waals surface area contributed by atoms with Crippen LogP contribution in [0, 0.1) is 0 Å². The Hall–Kier alpha value is -1.98. The summed E-state index contributed by atoms with van der Waals surface area (Å²) in [5, 5.41) is 3.01. The van der Waals surface area contributed by atoms with E-state index in [0.717, 1.165) is 16.7 Å². The van der Waals surface area contributed by atoms with Gasteiger partial charge >= 0.3 is 0 Å². The van der Waals surface area contributed by atoms with Crippen LogP contribution in [0.15, 0.2) is 41.8 Å². The molecule has 4 nitrogen and oxygen atoms in total. The lowest BCUT2D eigenvalue weighted by Crippen LogP contribution is -2.22. The van der Waals surface area contributed by atoms with Crippen molar-refractivity contribution in [2.24, 2.45) is 0 Å². The van der Waals surface area contributed by atoms with Gasteiger partial charge in [-0.05, 0) is 37.6 Å². The minimum atomic E-state index is 0.335. The molecule has 0 aliphatic rings. The van der Waals surface area contributed by atoms with Crippen molar-refractivity contribution in [2.75, 3.05) is 12.8 Å². The van der Waals surface area contributed by atoms with Crippen molar-refractivity contribution in [3.63, 3.8) is 0 Å². The zero-order valence-electron chi connectivity index (χ0n) is 12.2. The van der Waals surface area contributed by atoms with E-state index in [1.165, 1.54) is 4.88 Å². The molecule has 21 heavy (non-hydrogen) atoms. The number of anilines is 1. The lowest BCUT2D eigenvalue weighted by molar-refractivity contribution is 0.250. The summed E-state index contributed by atoms with van der Waals surface area (Å²) in [6, 6.07) is 12.4. The quantitative estimate of drug-likeness (QED) is 0.801. The molecular weight excluding hydrogens is 280 g/mol. The second-order valence-electron chi connectivity index (χ2n) is 5.15. The molecule has 0 amide bonds. The number of hydrogen-bond acceptors (Lipinski definition) is 5. The maximum absolute atomic E-state index is 6.04. The number of rotatable bonds is 4. The molecule has 2 aromatic heterocycles. The number of hydrogen-bond donors (Lipinski definition) is 1. The topological polar surface area (TPSA) is 55.0 Å². The summed E-state index contributed by atoms with van der Waals surface area (Å²) in [5.74, 6) is 1.31. The van der Waals surface area contributed by atoms with Gasteiger partial charge in [-0.15, -0.1) is 11.3 Å². The Labute approximate surface area is 128 Å². The monoisotopic (exact) mass is 298 g/mol. The highest BCUT2D eigenvalue weighted by Gasteiger charge is 2.15. The number of aromatic nitrogens is 2. The first-order valence-corrected chi connectivity index (χ1v) is 7.78. The molecule has 2 N–H and O–H groups in total. The number of benzene rings is 1. The van der Waals surface area contributed by atoms with Crippen molar-refractivity contribution in [1.29, 1.82) is 0 Å². The number of fused-ring (bicyclic) bond motifs is 1. The highest BCUT2D eigenvalue weighted by atomic mass is 32.1. The smallest absolute Gasteiger partial charge is 0.145 e. The van der Waals surface area contributed by atoms with Gasteiger partial charge in [0.1, 0.15) is 11.6 Å². The van der Waals surface area contributed by atoms with Crippen molar-refractivity contribution in [3.8, 4) is 0 Å². The molecule has 3 rings (SSSR count). The third-order valence-corrected chi connectivity index (χ3v) is 4.73. The normalized spacial score (nSPS) is 12.9. The molecule has 0 unspecified atom stereocenters. The first-order chi connectivity index (χ1) is 10.1. The molecule has 0 aliphatic heterocycles. The summed E-state index contributed by atoms with van der Waals surface area (Å²) in [5.41, 5.74) is 6.94. The van der Waals surface area contributed by atoms with Gasteiger partial charge in [0.2, 0.25) is 0 Å². The Balaban J connectivity index is 1.84. The zero-order valence-corrected chi connectivity index (χ0v) is 13.0. The van der Waals surface area contributed by atoms with Crippen molar-refractivity contribution < 1.29 is 0 Å². The predicted molar refractivity (Wildman–Crippen MR) is 88.2 cm³/mol. The predicted octanol–water partition coefficient (Wildman–Crippen LogP) is 3.47. The fourth-order valence-corrected chi connectivity index (χ4v) is 3.18. The average molecular weight is 298 g/mol. The molecule has 3 aromatic rings. The van der Waals surface area contributed by atoms with E-state index in [0.29, 0.717) is 18.4 Å². The van der Waals surface area contributed by atoms with Crippen molar-refractivity contribution in [1.82, 2.24) is 14.9 Å². The minimum absolute atomic E-state index is 0.335. The Morgan fingerprint density at radius 1 is 1.19 bits per heavy atom. The standard InChI is InChI=1S/C16H18N4S/c1-11(14-8-5-9-21-14)20(2)10-15-18-13-7-4-3-6-12(13)16(17)19-15/h3-9,11H,10H2,1-2H3,(H2,17,18,19)/t11-/m0/s1. The fourth-order valence-electron chi connectivity index (χ4n) is 2.33. The fraction of sp³-hybridized carbons (Fsp3) is 0.250. The number of thiophene rings is 1. The van der Waals surface area contributed by atoms with Crippen molar-refractivity contribution >= 4 is 28.1 Å². The molecule has 1 atom stereocenters. The van der Waals surface area contributed by atoms with E-state index in [2.05, 4.69) is 46.4 Å². The second-order valence-corrected chi connectivity index (χ2v) is 6.13. The molecule has 0 saturated heterocycles. The molecule has 2 heterocycles. The van der Waals surface area contributed by atoms with Crippen LogP contribution < -0.4 is 5.73 Å². The van der Waals surface area contributed by atoms with Crippen molar-refractivity contribution in [3.05, 3.63) is 52.5 Å². The summed E-state index contributed by atoms with van der Waals surface area (Å²) in [7, 11) is 2.08. The molecule has 1 aromatic carbocycles. The summed E-state index contributed by atoms with van der Waals surface area (Å²) < 4.78 is 0. The molecular formula is C16H18N4S. The number of nitrogen functional groups attached to an aromatic ring is 1. The lowest BCUT2D eigenvalue weighted by atomic mass is 10.2. The first kappa shape index (κ1) is 14.0. The van der Waals surface area contributed by atoms with Crippen LogP contribution in [0.4, 0.5) is 5.82 Å². The van der Waals surface area contributed by atoms with E-state index in [9.17, 15) is 0 Å². The summed E-state index contributed by atoms with van der Waals surface area (Å²) in [6.07, 6.45) is 0. The van der Waals surface area contributed by atoms with Gasteiger partial charge in [-0.1, -0.05) is 18.2 Å². The van der Waals surface area contributed by atoms with E-state index in [1.807, 2.05) is 24.3 Å². The van der Waals surface area contributed by atoms with Gasteiger partial charge in [0.25, 0.3) is 0 Å². The second kappa shape index (κ2) is 5.79. The van der Waals surface area contributed by atoms with Crippen LogP contribution in [0.1, 0.15) is 23.7 Å². The van der Waals surface area contributed by atoms with E-state index in [4.69, 9.17) is 5.73 Å². The first-order valence-electron chi connectivity index (χ1n) is 6.90. The Morgan fingerprint density at radius 3 is 2.76 bits per heavy atom. The number of nitrogens with zero attached hydrogens (tertiary/aromatic N) is 3. The average Bonchev–Trinajstić information content (AvgIpc) is 3.00. The van der Waals surface area contributed by atoms with Crippen LogP contribution >= 0.6 is 11.3 Å². The minimum Gasteiger partial charge on any atom is -0.383 e. The van der Waals surface area contributed by atoms with Crippen LogP contribution in [-0.4, -0.2) is 21.9 Å². The Bertz CT molecular complexity index is 739. The Kier molecular flexibility index (Phi) is 3.86. The SMILES string of the molecule is C[C@@H](c1cccs1)N(C)Cc1nc(N)c2ccccc2n1. The summed E-state index contributed by atoms with van der Waals surface area (Å²) in [6.45, 7) is 2.87. The highest BCUT2D eigenvalue weighted by Crippen LogP contribution is 2.25. The largest absolute Gasteiger partial charge is 0.383 e. The van der Waals surface area contributed by atoms with E-state index < -0.39 is 0 Å². The van der Waals surface area contributed by atoms with Gasteiger partial charge < -0.3 is 5.73 Å². The molecule has 0 fully saturated rings. The molecule has 0 bridgehead atoms. The molecule has 5 heteroatoms. The van der Waals surface area contributed by atoms with Crippen molar-refractivity contribution in [2.45, 2.75) is 19.5 Å². The van der Waals surface area contributed by atoms with Crippen LogP contribution in [0.2, 0.25) is 0 Å². The van der Waals surface area contributed by atoms with E-state index >= 15 is 0 Å². The van der Waals surface area contributed by atoms with Gasteiger partial charge in [0, 0.05) is 16.3 Å². The highest BCUT2D eigenvalue weighted by molar-refractivity contribution is 7.10. The zero-order chi connectivity index (χ0) is 14.8. The van der Waals surface area contributed by atoms with E-state index in [-0.39, 0.29) is 0 Å². The maximum atomic E-state index is 6.04. The maximum Gasteiger partial charge on any atom is 0.145 e. The summed E-state index contributed by atoms with van der Waals surface area (Å²) in [4.78, 5) is 12.6. The van der Waals surface area contributed by atoms with Gasteiger partial charge in [-0.2, -0.15) is 0 Å². The molecule has 0 radical (unpaired) electrons. The number of nitrogens with two attached hydrogens (primary N) is 1. The Morgan fingerprint density at radius 2 is 2.00 bits per heavy atom. The van der Waals surface area contributed by atoms with Gasteiger partial charge in [0.05, 0.1) is 12.1 Å². The van der Waals surface area contributed by atoms with Gasteiger partial charge in [-0.25, -0.2) is 9.97 Å². The number of para-hydroxylation sites is 1. The third-order valence-electron chi connectivity index (χ3n) is 3.69. The van der Waals surface area contributed by atoms with Crippen LogP contribution in [-0.2, 0) is 6.54 Å². The molecule has 0 saturated carbocycles. The van der Waals surface area contributed by atoms with Crippen LogP contribution in [0.5, 0.6) is 0 Å². The van der Waals surface area contributed by atoms with Gasteiger partial charge in [0.15, 0.2) is 0 Å². The lowest BCUT2D eigenvalue weighted by Gasteiger charge is -2.23. The summed E-state index contributed by atoms with van der Waals surface area (Å²) >= 11 is 1.77. The van der Waals surface area contributed by atoms with Crippen LogP contribution in [0.3, 0.4) is 0 Å². The molecule has 108 valence electrons.